The molecule has 0 radical (unpaired) electrons. The number of halogens is 1. The number of aryl methyl sites for hydroxylation is 1. The molecule has 0 aliphatic carbocycles. The van der Waals surface area contributed by atoms with E-state index in [0.717, 1.165) is 30.7 Å². The van der Waals surface area contributed by atoms with E-state index in [-0.39, 0.29) is 6.04 Å². The molecular weight excluding hydrogens is 376 g/mol. The first-order valence-electron chi connectivity index (χ1n) is 8.88. The highest BCUT2D eigenvalue weighted by Crippen LogP contribution is 2.32. The van der Waals surface area contributed by atoms with Gasteiger partial charge in [0.25, 0.3) is 0 Å². The van der Waals surface area contributed by atoms with Gasteiger partial charge in [-0.2, -0.15) is 0 Å². The number of hydrogen-bond donors (Lipinski definition) is 1. The van der Waals surface area contributed by atoms with Gasteiger partial charge >= 0.3 is 0 Å². The van der Waals surface area contributed by atoms with Crippen molar-refractivity contribution in [1.29, 1.82) is 0 Å². The molecule has 0 spiro atoms. The number of anilines is 1. The first-order valence-corrected chi connectivity index (χ1v) is 9.67. The maximum Gasteiger partial charge on any atom is 0.0599 e. The van der Waals surface area contributed by atoms with Crippen LogP contribution in [0.5, 0.6) is 0 Å². The Balaban J connectivity index is 2.32. The Morgan fingerprint density at radius 3 is 2.56 bits per heavy atom. The lowest BCUT2D eigenvalue weighted by Gasteiger charge is -2.27. The molecule has 0 saturated heterocycles. The van der Waals surface area contributed by atoms with Crippen molar-refractivity contribution in [2.45, 2.75) is 26.3 Å². The summed E-state index contributed by atoms with van der Waals surface area (Å²) in [6, 6.07) is 15.3. The van der Waals surface area contributed by atoms with Gasteiger partial charge in [0.05, 0.1) is 6.04 Å². The van der Waals surface area contributed by atoms with E-state index in [2.05, 4.69) is 89.6 Å². The Morgan fingerprint density at radius 2 is 1.88 bits per heavy atom. The quantitative estimate of drug-likeness (QED) is 0.599. The predicted octanol–water partition coefficient (Wildman–Crippen LogP) is 4.93. The van der Waals surface area contributed by atoms with E-state index in [1.54, 1.807) is 0 Å². The molecule has 0 aliphatic rings. The van der Waals surface area contributed by atoms with E-state index in [1.807, 2.05) is 6.92 Å². The molecular formula is C21H29BrN2O. The molecule has 0 heterocycles. The van der Waals surface area contributed by atoms with E-state index in [1.165, 1.54) is 22.4 Å². The van der Waals surface area contributed by atoms with Gasteiger partial charge in [-0.3, -0.25) is 0 Å². The summed E-state index contributed by atoms with van der Waals surface area (Å²) in [5, 5.41) is 3.74. The van der Waals surface area contributed by atoms with Crippen LogP contribution >= 0.6 is 15.9 Å². The summed E-state index contributed by atoms with van der Waals surface area (Å²) in [6.07, 6.45) is 1.00. The van der Waals surface area contributed by atoms with Crippen molar-refractivity contribution < 1.29 is 4.74 Å². The fraction of sp³-hybridized carbons (Fsp3) is 0.429. The monoisotopic (exact) mass is 404 g/mol. The lowest BCUT2D eigenvalue weighted by atomic mass is 9.93. The van der Waals surface area contributed by atoms with Gasteiger partial charge < -0.3 is 15.0 Å². The molecule has 136 valence electrons. The molecule has 0 saturated carbocycles. The minimum Gasteiger partial charge on any atom is -0.382 e. The molecule has 0 fully saturated rings. The molecule has 0 aliphatic heterocycles. The normalized spacial score (nSPS) is 12.2. The van der Waals surface area contributed by atoms with E-state index in [9.17, 15) is 0 Å². The SMILES string of the molecule is CCOCCCNC(c1ccc(Br)cc1C)c1ccccc1N(C)C. The van der Waals surface area contributed by atoms with Crippen LogP contribution in [0.2, 0.25) is 0 Å². The molecule has 0 amide bonds. The standard InChI is InChI=1S/C21H29BrN2O/c1-5-25-14-8-13-23-21(18-12-11-17(22)15-16(18)2)19-9-6-7-10-20(19)24(3)4/h6-7,9-12,15,21,23H,5,8,13-14H2,1-4H3. The van der Waals surface area contributed by atoms with Gasteiger partial charge in [-0.15, -0.1) is 0 Å². The zero-order chi connectivity index (χ0) is 18.2. The number of nitrogens with zero attached hydrogens (tertiary/aromatic N) is 1. The van der Waals surface area contributed by atoms with Gasteiger partial charge in [-0.05, 0) is 61.7 Å². The van der Waals surface area contributed by atoms with Crippen molar-refractivity contribution >= 4 is 21.6 Å². The zero-order valence-corrected chi connectivity index (χ0v) is 17.3. The molecule has 3 nitrogen and oxygen atoms in total. The van der Waals surface area contributed by atoms with Crippen LogP contribution in [-0.4, -0.2) is 33.9 Å². The third-order valence-electron chi connectivity index (χ3n) is 4.29. The van der Waals surface area contributed by atoms with Crippen LogP contribution < -0.4 is 10.2 Å². The third-order valence-corrected chi connectivity index (χ3v) is 4.78. The summed E-state index contributed by atoms with van der Waals surface area (Å²) >= 11 is 3.58. The summed E-state index contributed by atoms with van der Waals surface area (Å²) in [5.41, 5.74) is 5.14. The smallest absolute Gasteiger partial charge is 0.0599 e. The van der Waals surface area contributed by atoms with E-state index in [0.29, 0.717) is 0 Å². The molecule has 2 aromatic rings. The molecule has 0 bridgehead atoms. The van der Waals surface area contributed by atoms with Crippen molar-refractivity contribution in [2.24, 2.45) is 0 Å². The Hall–Kier alpha value is -1.36. The van der Waals surface area contributed by atoms with Crippen molar-refractivity contribution in [1.82, 2.24) is 5.32 Å². The van der Waals surface area contributed by atoms with Gasteiger partial charge in [0.15, 0.2) is 0 Å². The van der Waals surface area contributed by atoms with Crippen LogP contribution in [0.25, 0.3) is 0 Å². The molecule has 1 unspecified atom stereocenters. The Morgan fingerprint density at radius 1 is 1.12 bits per heavy atom. The maximum atomic E-state index is 5.47. The van der Waals surface area contributed by atoms with Gasteiger partial charge in [0.2, 0.25) is 0 Å². The van der Waals surface area contributed by atoms with Crippen molar-refractivity contribution in [2.75, 3.05) is 38.8 Å². The Kier molecular flexibility index (Phi) is 7.94. The average Bonchev–Trinajstić information content (AvgIpc) is 2.59. The second-order valence-corrected chi connectivity index (χ2v) is 7.31. The summed E-state index contributed by atoms with van der Waals surface area (Å²) in [7, 11) is 4.19. The van der Waals surface area contributed by atoms with Gasteiger partial charge in [-0.1, -0.05) is 40.2 Å². The van der Waals surface area contributed by atoms with E-state index < -0.39 is 0 Å². The second-order valence-electron chi connectivity index (χ2n) is 6.39. The second kappa shape index (κ2) is 9.95. The number of nitrogens with one attached hydrogen (secondary N) is 1. The topological polar surface area (TPSA) is 24.5 Å². The zero-order valence-electron chi connectivity index (χ0n) is 15.7. The highest BCUT2D eigenvalue weighted by Gasteiger charge is 2.19. The first-order chi connectivity index (χ1) is 12.0. The number of benzene rings is 2. The minimum atomic E-state index is 0.160. The van der Waals surface area contributed by atoms with Crippen LogP contribution in [-0.2, 0) is 4.74 Å². The molecule has 0 aromatic heterocycles. The van der Waals surface area contributed by atoms with Crippen molar-refractivity contribution in [3.63, 3.8) is 0 Å². The van der Waals surface area contributed by atoms with E-state index in [4.69, 9.17) is 4.74 Å². The Labute approximate surface area is 160 Å². The van der Waals surface area contributed by atoms with Crippen LogP contribution in [0, 0.1) is 6.92 Å². The number of para-hydroxylation sites is 1. The van der Waals surface area contributed by atoms with Crippen LogP contribution in [0.4, 0.5) is 5.69 Å². The summed E-state index contributed by atoms with van der Waals surface area (Å²) in [4.78, 5) is 2.18. The lowest BCUT2D eigenvalue weighted by molar-refractivity contribution is 0.144. The fourth-order valence-corrected chi connectivity index (χ4v) is 3.53. The largest absolute Gasteiger partial charge is 0.382 e. The summed E-state index contributed by atoms with van der Waals surface area (Å²) in [6.45, 7) is 6.70. The summed E-state index contributed by atoms with van der Waals surface area (Å²) in [5.74, 6) is 0. The van der Waals surface area contributed by atoms with Gasteiger partial charge in [0, 0.05) is 37.5 Å². The Bertz CT molecular complexity index is 673. The molecule has 2 aromatic carbocycles. The predicted molar refractivity (Wildman–Crippen MR) is 111 cm³/mol. The summed E-state index contributed by atoms with van der Waals surface area (Å²) < 4.78 is 6.59. The fourth-order valence-electron chi connectivity index (χ4n) is 3.05. The highest BCUT2D eigenvalue weighted by atomic mass is 79.9. The first kappa shape index (κ1) is 20.0. The number of hydrogen-bond acceptors (Lipinski definition) is 3. The van der Waals surface area contributed by atoms with Gasteiger partial charge in [0.1, 0.15) is 0 Å². The minimum absolute atomic E-state index is 0.160. The van der Waals surface area contributed by atoms with Crippen LogP contribution in [0.15, 0.2) is 46.9 Å². The van der Waals surface area contributed by atoms with Crippen molar-refractivity contribution in [3.05, 3.63) is 63.6 Å². The number of ether oxygens (including phenoxy) is 1. The molecule has 4 heteroatoms. The average molecular weight is 405 g/mol. The maximum absolute atomic E-state index is 5.47. The molecule has 1 atom stereocenters. The van der Waals surface area contributed by atoms with Crippen LogP contribution in [0.3, 0.4) is 0 Å². The molecule has 1 N–H and O–H groups in total. The third kappa shape index (κ3) is 5.56. The highest BCUT2D eigenvalue weighted by molar-refractivity contribution is 9.10. The lowest BCUT2D eigenvalue weighted by Crippen LogP contribution is -2.27. The van der Waals surface area contributed by atoms with Crippen LogP contribution in [0.1, 0.15) is 36.1 Å². The number of rotatable bonds is 9. The molecule has 25 heavy (non-hydrogen) atoms. The molecule has 2 rings (SSSR count). The van der Waals surface area contributed by atoms with E-state index >= 15 is 0 Å². The van der Waals surface area contributed by atoms with Crippen molar-refractivity contribution in [3.8, 4) is 0 Å². The van der Waals surface area contributed by atoms with Gasteiger partial charge in [-0.25, -0.2) is 0 Å².